The number of hydrogen-bond acceptors (Lipinski definition) is 7. The number of carbonyl (C=O) groups is 2. The minimum atomic E-state index is -0.956. The van der Waals surface area contributed by atoms with Gasteiger partial charge in [0.15, 0.2) is 6.29 Å². The van der Waals surface area contributed by atoms with Crippen molar-refractivity contribution in [2.75, 3.05) is 17.7 Å². The highest BCUT2D eigenvalue weighted by atomic mass is 32.2. The highest BCUT2D eigenvalue weighted by Crippen LogP contribution is 2.39. The van der Waals surface area contributed by atoms with Crippen molar-refractivity contribution in [1.29, 1.82) is 0 Å². The van der Waals surface area contributed by atoms with E-state index in [0.29, 0.717) is 17.9 Å². The van der Waals surface area contributed by atoms with E-state index in [0.717, 1.165) is 21.6 Å². The molecule has 3 aromatic carbocycles. The third-order valence-corrected chi connectivity index (χ3v) is 7.06. The molecule has 1 amide bonds. The first-order valence-corrected chi connectivity index (χ1v) is 13.0. The van der Waals surface area contributed by atoms with Crippen molar-refractivity contribution in [3.63, 3.8) is 0 Å². The predicted molar refractivity (Wildman–Crippen MR) is 144 cm³/mol. The molecule has 3 aromatic rings. The van der Waals surface area contributed by atoms with Gasteiger partial charge in [-0.2, -0.15) is 0 Å². The standard InChI is InChI=1S/C29H29NO7S/c1-2-15-35-29(34)30-23-11-7-22(8-12-23)28-36-24(18-38-25-13-9-21(10-14-25)27(32)33)16-26(37-28)20-5-3-19(17-31)4-6-20/h2-14,24,26,28,31H,1,15-18H2,(H,30,34)(H,32,33)/t24-,26+,28+/m1/s1. The Labute approximate surface area is 225 Å². The second-order valence-corrected chi connectivity index (χ2v) is 9.72. The summed E-state index contributed by atoms with van der Waals surface area (Å²) in [5.74, 6) is -0.311. The number of benzene rings is 3. The minimum Gasteiger partial charge on any atom is -0.478 e. The normalized spacial score (nSPS) is 18.9. The van der Waals surface area contributed by atoms with Gasteiger partial charge in [0, 0.05) is 28.3 Å². The van der Waals surface area contributed by atoms with E-state index in [2.05, 4.69) is 11.9 Å². The van der Waals surface area contributed by atoms with E-state index >= 15 is 0 Å². The van der Waals surface area contributed by atoms with E-state index in [4.69, 9.17) is 19.3 Å². The number of nitrogens with one attached hydrogen (secondary N) is 1. The number of carbonyl (C=O) groups excluding carboxylic acids is 1. The van der Waals surface area contributed by atoms with Crippen LogP contribution in [0.1, 0.15) is 45.9 Å². The zero-order valence-corrected chi connectivity index (χ0v) is 21.4. The largest absolute Gasteiger partial charge is 0.478 e. The van der Waals surface area contributed by atoms with Crippen LogP contribution in [0.15, 0.2) is 90.3 Å². The zero-order chi connectivity index (χ0) is 26.9. The number of ether oxygens (including phenoxy) is 3. The van der Waals surface area contributed by atoms with Gasteiger partial charge in [-0.15, -0.1) is 11.8 Å². The lowest BCUT2D eigenvalue weighted by atomic mass is 10.0. The van der Waals surface area contributed by atoms with Crippen molar-refractivity contribution in [1.82, 2.24) is 0 Å². The Balaban J connectivity index is 1.47. The second-order valence-electron chi connectivity index (χ2n) is 8.62. The van der Waals surface area contributed by atoms with Gasteiger partial charge >= 0.3 is 12.1 Å². The first-order chi connectivity index (χ1) is 18.4. The molecule has 1 saturated heterocycles. The van der Waals surface area contributed by atoms with Crippen LogP contribution in [0, 0.1) is 0 Å². The molecule has 3 atom stereocenters. The molecule has 1 aliphatic heterocycles. The first kappa shape index (κ1) is 27.4. The molecule has 3 N–H and O–H groups in total. The van der Waals surface area contributed by atoms with E-state index in [9.17, 15) is 14.7 Å². The summed E-state index contributed by atoms with van der Waals surface area (Å²) in [5, 5.41) is 21.2. The summed E-state index contributed by atoms with van der Waals surface area (Å²) in [6.45, 7) is 3.61. The van der Waals surface area contributed by atoms with Crippen molar-refractivity contribution in [3.8, 4) is 0 Å². The smallest absolute Gasteiger partial charge is 0.411 e. The summed E-state index contributed by atoms with van der Waals surface area (Å²) < 4.78 is 17.6. The number of carboxylic acids is 1. The van der Waals surface area contributed by atoms with Gasteiger partial charge < -0.3 is 24.4 Å². The van der Waals surface area contributed by atoms with Crippen molar-refractivity contribution >= 4 is 29.5 Å². The van der Waals surface area contributed by atoms with Gasteiger partial charge in [-0.1, -0.05) is 49.1 Å². The molecule has 0 spiro atoms. The fraction of sp³-hybridized carbons (Fsp3) is 0.241. The minimum absolute atomic E-state index is 0.0288. The Morgan fingerprint density at radius 1 is 1.00 bits per heavy atom. The number of amides is 1. The highest BCUT2D eigenvalue weighted by Gasteiger charge is 2.32. The monoisotopic (exact) mass is 535 g/mol. The lowest BCUT2D eigenvalue weighted by Gasteiger charge is -2.36. The van der Waals surface area contributed by atoms with Crippen LogP contribution in [-0.2, 0) is 20.8 Å². The molecule has 0 saturated carbocycles. The van der Waals surface area contributed by atoms with E-state index in [-0.39, 0.29) is 31.0 Å². The number of thioether (sulfide) groups is 1. The van der Waals surface area contributed by atoms with Gasteiger partial charge in [0.1, 0.15) is 6.61 Å². The van der Waals surface area contributed by atoms with Crippen molar-refractivity contribution < 1.29 is 34.0 Å². The molecule has 1 heterocycles. The molecule has 198 valence electrons. The van der Waals surface area contributed by atoms with Gasteiger partial charge in [-0.05, 0) is 47.5 Å². The average Bonchev–Trinajstić information content (AvgIpc) is 2.95. The maximum atomic E-state index is 11.8. The maximum absolute atomic E-state index is 11.8. The molecule has 4 rings (SSSR count). The Morgan fingerprint density at radius 3 is 2.32 bits per heavy atom. The van der Waals surface area contributed by atoms with Gasteiger partial charge in [0.05, 0.1) is 24.4 Å². The summed E-state index contributed by atoms with van der Waals surface area (Å²) >= 11 is 1.59. The molecular weight excluding hydrogens is 506 g/mol. The number of anilines is 1. The zero-order valence-electron chi connectivity index (χ0n) is 20.6. The molecule has 1 fully saturated rings. The number of aromatic carboxylic acids is 1. The van der Waals surface area contributed by atoms with Gasteiger partial charge in [-0.3, -0.25) is 5.32 Å². The SMILES string of the molecule is C=CCOC(=O)Nc1ccc([C@H]2O[C@@H](CSc3ccc(C(=O)O)cc3)C[C@@H](c3ccc(CO)cc3)O2)cc1. The quantitative estimate of drug-likeness (QED) is 0.216. The maximum Gasteiger partial charge on any atom is 0.411 e. The Hall–Kier alpha value is -3.63. The molecule has 38 heavy (non-hydrogen) atoms. The molecule has 9 heteroatoms. The summed E-state index contributed by atoms with van der Waals surface area (Å²) in [4.78, 5) is 23.9. The van der Waals surface area contributed by atoms with E-state index < -0.39 is 18.4 Å². The third kappa shape index (κ3) is 7.45. The Bertz CT molecular complexity index is 1230. The second kappa shape index (κ2) is 13.3. The van der Waals surface area contributed by atoms with Crippen molar-refractivity contribution in [2.45, 2.75) is 36.4 Å². The number of aliphatic hydroxyl groups is 1. The molecule has 8 nitrogen and oxygen atoms in total. The molecule has 1 aliphatic rings. The first-order valence-electron chi connectivity index (χ1n) is 12.1. The molecule has 0 aliphatic carbocycles. The molecule has 0 aromatic heterocycles. The fourth-order valence-corrected chi connectivity index (χ4v) is 4.84. The van der Waals surface area contributed by atoms with Gasteiger partial charge in [0.25, 0.3) is 0 Å². The summed E-state index contributed by atoms with van der Waals surface area (Å²) in [5.41, 5.74) is 3.43. The molecular formula is C29H29NO7S. The number of hydrogen-bond donors (Lipinski definition) is 3. The van der Waals surface area contributed by atoms with Crippen LogP contribution in [0.3, 0.4) is 0 Å². The summed E-state index contributed by atoms with van der Waals surface area (Å²) in [6.07, 6.45) is 0.550. The van der Waals surface area contributed by atoms with Crippen LogP contribution in [0.2, 0.25) is 0 Å². The molecule has 0 bridgehead atoms. The number of carboxylic acid groups (broad SMARTS) is 1. The fourth-order valence-electron chi connectivity index (χ4n) is 3.92. The number of rotatable bonds is 10. The summed E-state index contributed by atoms with van der Waals surface area (Å²) in [7, 11) is 0. The van der Waals surface area contributed by atoms with Gasteiger partial charge in [-0.25, -0.2) is 9.59 Å². The van der Waals surface area contributed by atoms with Crippen LogP contribution in [0.4, 0.5) is 10.5 Å². The van der Waals surface area contributed by atoms with Gasteiger partial charge in [0.2, 0.25) is 0 Å². The lowest BCUT2D eigenvalue weighted by molar-refractivity contribution is -0.245. The molecule has 0 radical (unpaired) electrons. The van der Waals surface area contributed by atoms with E-state index in [1.807, 2.05) is 36.4 Å². The van der Waals surface area contributed by atoms with Crippen molar-refractivity contribution in [2.24, 2.45) is 0 Å². The van der Waals surface area contributed by atoms with Crippen LogP contribution in [0.5, 0.6) is 0 Å². The van der Waals surface area contributed by atoms with Crippen LogP contribution >= 0.6 is 11.8 Å². The van der Waals surface area contributed by atoms with Crippen molar-refractivity contribution in [3.05, 3.63) is 108 Å². The molecule has 0 unspecified atom stereocenters. The summed E-state index contributed by atoms with van der Waals surface area (Å²) in [6, 6.07) is 21.6. The third-order valence-electron chi connectivity index (χ3n) is 5.91. The van der Waals surface area contributed by atoms with Crippen LogP contribution < -0.4 is 5.32 Å². The average molecular weight is 536 g/mol. The highest BCUT2D eigenvalue weighted by molar-refractivity contribution is 7.99. The predicted octanol–water partition coefficient (Wildman–Crippen LogP) is 5.95. The Morgan fingerprint density at radius 2 is 1.68 bits per heavy atom. The van der Waals surface area contributed by atoms with Crippen LogP contribution in [-0.4, -0.2) is 40.7 Å². The van der Waals surface area contributed by atoms with E-state index in [1.54, 1.807) is 48.2 Å². The van der Waals surface area contributed by atoms with Crippen LogP contribution in [0.25, 0.3) is 0 Å². The topological polar surface area (TPSA) is 114 Å². The lowest BCUT2D eigenvalue weighted by Crippen LogP contribution is -2.31. The Kier molecular flexibility index (Phi) is 9.56. The number of aliphatic hydroxyl groups excluding tert-OH is 1. The van der Waals surface area contributed by atoms with E-state index in [1.165, 1.54) is 6.08 Å².